The van der Waals surface area contributed by atoms with Crippen LogP contribution in [0.1, 0.15) is 22.5 Å². The van der Waals surface area contributed by atoms with Crippen molar-refractivity contribution >= 4 is 23.4 Å². The quantitative estimate of drug-likeness (QED) is 0.548. The minimum absolute atomic E-state index is 0.339. The van der Waals surface area contributed by atoms with Gasteiger partial charge in [0.15, 0.2) is 11.0 Å². The molecular weight excluding hydrogens is 373 g/mol. The van der Waals surface area contributed by atoms with Gasteiger partial charge < -0.3 is 9.30 Å². The molecule has 26 heavy (non-hydrogen) atoms. The Bertz CT molecular complexity index is 929. The summed E-state index contributed by atoms with van der Waals surface area (Å²) in [4.78, 5) is 0. The average molecular weight is 392 g/mol. The molecule has 136 valence electrons. The Balaban J connectivity index is 1.65. The average Bonchev–Trinajstić information content (AvgIpc) is 2.95. The molecule has 4 nitrogen and oxygen atoms in total. The zero-order chi connectivity index (χ0) is 18.7. The summed E-state index contributed by atoms with van der Waals surface area (Å²) < 4.78 is 20.9. The predicted octanol–water partition coefficient (Wildman–Crippen LogP) is 5.10. The standard InChI is InChI=1S/C19H19ClFN3OS/c1-12-4-5-13(2)17(8-12)25-10-18-22-23-19(24(18)3)26-11-14-6-7-15(21)9-16(14)20/h4-9H,10-11H2,1-3H3. The minimum atomic E-state index is -0.340. The van der Waals surface area contributed by atoms with Gasteiger partial charge in [-0.25, -0.2) is 4.39 Å². The molecule has 2 aromatic carbocycles. The Morgan fingerprint density at radius 1 is 1.15 bits per heavy atom. The van der Waals surface area contributed by atoms with Crippen molar-refractivity contribution in [3.63, 3.8) is 0 Å². The van der Waals surface area contributed by atoms with Gasteiger partial charge >= 0.3 is 0 Å². The van der Waals surface area contributed by atoms with E-state index >= 15 is 0 Å². The molecule has 3 aromatic rings. The molecule has 0 aliphatic rings. The van der Waals surface area contributed by atoms with E-state index in [9.17, 15) is 4.39 Å². The van der Waals surface area contributed by atoms with Gasteiger partial charge in [-0.1, -0.05) is 41.6 Å². The molecule has 0 fully saturated rings. The van der Waals surface area contributed by atoms with Crippen LogP contribution in [0.25, 0.3) is 0 Å². The van der Waals surface area contributed by atoms with E-state index in [1.165, 1.54) is 23.9 Å². The molecular formula is C19H19ClFN3OS. The number of nitrogens with zero attached hydrogens (tertiary/aromatic N) is 3. The van der Waals surface area contributed by atoms with Crippen LogP contribution in [0.5, 0.6) is 5.75 Å². The lowest BCUT2D eigenvalue weighted by molar-refractivity contribution is 0.288. The second-order valence-electron chi connectivity index (χ2n) is 6.04. The molecule has 0 radical (unpaired) electrons. The van der Waals surface area contributed by atoms with Gasteiger partial charge in [0.05, 0.1) is 0 Å². The van der Waals surface area contributed by atoms with E-state index in [0.29, 0.717) is 17.4 Å². The number of rotatable bonds is 6. The molecule has 0 aliphatic heterocycles. The monoisotopic (exact) mass is 391 g/mol. The van der Waals surface area contributed by atoms with Crippen molar-refractivity contribution in [3.05, 3.63) is 69.8 Å². The van der Waals surface area contributed by atoms with Crippen LogP contribution in [0, 0.1) is 19.7 Å². The van der Waals surface area contributed by atoms with Gasteiger partial charge in [0.2, 0.25) is 0 Å². The number of hydrogen-bond donors (Lipinski definition) is 0. The van der Waals surface area contributed by atoms with Crippen molar-refractivity contribution in [1.82, 2.24) is 14.8 Å². The maximum absolute atomic E-state index is 13.1. The number of thioether (sulfide) groups is 1. The summed E-state index contributed by atoms with van der Waals surface area (Å²) in [5, 5.41) is 9.58. The summed E-state index contributed by atoms with van der Waals surface area (Å²) in [6.07, 6.45) is 0. The van der Waals surface area contributed by atoms with Gasteiger partial charge in [0.1, 0.15) is 18.2 Å². The van der Waals surface area contributed by atoms with Gasteiger partial charge in [-0.15, -0.1) is 10.2 Å². The third-order valence-corrected chi connectivity index (χ3v) is 5.42. The number of benzene rings is 2. The maximum atomic E-state index is 13.1. The molecule has 0 amide bonds. The Labute approximate surface area is 161 Å². The molecule has 0 saturated heterocycles. The summed E-state index contributed by atoms with van der Waals surface area (Å²) >= 11 is 7.56. The van der Waals surface area contributed by atoms with E-state index < -0.39 is 0 Å². The highest BCUT2D eigenvalue weighted by molar-refractivity contribution is 7.98. The molecule has 3 rings (SSSR count). The lowest BCUT2D eigenvalue weighted by Crippen LogP contribution is -2.05. The summed E-state index contributed by atoms with van der Waals surface area (Å²) in [7, 11) is 1.90. The van der Waals surface area contributed by atoms with Gasteiger partial charge in [0, 0.05) is 17.8 Å². The normalized spacial score (nSPS) is 11.0. The highest BCUT2D eigenvalue weighted by Gasteiger charge is 2.12. The van der Waals surface area contributed by atoms with Crippen LogP contribution in [0.3, 0.4) is 0 Å². The van der Waals surface area contributed by atoms with Crippen molar-refractivity contribution in [3.8, 4) is 5.75 Å². The zero-order valence-corrected chi connectivity index (χ0v) is 16.4. The molecule has 0 saturated carbocycles. The highest BCUT2D eigenvalue weighted by atomic mass is 35.5. The first-order valence-electron chi connectivity index (χ1n) is 8.09. The van der Waals surface area contributed by atoms with Crippen molar-refractivity contribution in [2.24, 2.45) is 7.05 Å². The van der Waals surface area contributed by atoms with E-state index in [0.717, 1.165) is 33.4 Å². The van der Waals surface area contributed by atoms with Crippen LogP contribution >= 0.6 is 23.4 Å². The van der Waals surface area contributed by atoms with E-state index in [2.05, 4.69) is 16.3 Å². The predicted molar refractivity (Wildman–Crippen MR) is 102 cm³/mol. The van der Waals surface area contributed by atoms with Crippen molar-refractivity contribution in [1.29, 1.82) is 0 Å². The summed E-state index contributed by atoms with van der Waals surface area (Å²) in [6, 6.07) is 10.5. The van der Waals surface area contributed by atoms with E-state index in [1.54, 1.807) is 6.07 Å². The van der Waals surface area contributed by atoms with E-state index in [4.69, 9.17) is 16.3 Å². The molecule has 1 aromatic heterocycles. The lowest BCUT2D eigenvalue weighted by atomic mass is 10.1. The lowest BCUT2D eigenvalue weighted by Gasteiger charge is -2.10. The Hall–Kier alpha value is -2.05. The highest BCUT2D eigenvalue weighted by Crippen LogP contribution is 2.27. The second kappa shape index (κ2) is 8.10. The summed E-state index contributed by atoms with van der Waals surface area (Å²) in [6.45, 7) is 4.38. The first-order valence-corrected chi connectivity index (χ1v) is 9.45. The zero-order valence-electron chi connectivity index (χ0n) is 14.8. The van der Waals surface area contributed by atoms with Crippen molar-refractivity contribution in [2.75, 3.05) is 0 Å². The van der Waals surface area contributed by atoms with Gasteiger partial charge in [-0.05, 0) is 48.7 Å². The van der Waals surface area contributed by atoms with Crippen LogP contribution in [-0.2, 0) is 19.4 Å². The van der Waals surface area contributed by atoms with Gasteiger partial charge in [-0.2, -0.15) is 0 Å². The molecule has 0 atom stereocenters. The van der Waals surface area contributed by atoms with E-state index in [-0.39, 0.29) is 5.82 Å². The molecule has 0 unspecified atom stereocenters. The number of hydrogen-bond acceptors (Lipinski definition) is 4. The number of halogens is 2. The smallest absolute Gasteiger partial charge is 0.191 e. The molecule has 0 N–H and O–H groups in total. The minimum Gasteiger partial charge on any atom is -0.485 e. The third-order valence-electron chi connectivity index (χ3n) is 4.00. The SMILES string of the molecule is Cc1ccc(C)c(OCc2nnc(SCc3ccc(F)cc3Cl)n2C)c1. The Morgan fingerprint density at radius 2 is 1.96 bits per heavy atom. The molecule has 7 heteroatoms. The van der Waals surface area contributed by atoms with Crippen LogP contribution in [-0.4, -0.2) is 14.8 Å². The number of aryl methyl sites for hydroxylation is 2. The molecule has 1 heterocycles. The first kappa shape index (κ1) is 18.7. The van der Waals surface area contributed by atoms with Gasteiger partial charge in [-0.3, -0.25) is 0 Å². The number of aromatic nitrogens is 3. The van der Waals surface area contributed by atoms with Crippen molar-refractivity contribution < 1.29 is 9.13 Å². The van der Waals surface area contributed by atoms with Crippen LogP contribution in [0.15, 0.2) is 41.6 Å². The largest absolute Gasteiger partial charge is 0.485 e. The third kappa shape index (κ3) is 4.37. The van der Waals surface area contributed by atoms with Crippen LogP contribution in [0.2, 0.25) is 5.02 Å². The summed E-state index contributed by atoms with van der Waals surface area (Å²) in [5.74, 6) is 1.83. The fourth-order valence-corrected chi connectivity index (χ4v) is 3.63. The Morgan fingerprint density at radius 3 is 2.73 bits per heavy atom. The first-order chi connectivity index (χ1) is 12.4. The molecule has 0 spiro atoms. The topological polar surface area (TPSA) is 39.9 Å². The van der Waals surface area contributed by atoms with E-state index in [1.807, 2.05) is 37.6 Å². The fraction of sp³-hybridized carbons (Fsp3) is 0.263. The molecule has 0 aliphatic carbocycles. The van der Waals surface area contributed by atoms with Crippen molar-refractivity contribution in [2.45, 2.75) is 31.4 Å². The van der Waals surface area contributed by atoms with Gasteiger partial charge in [0.25, 0.3) is 0 Å². The van der Waals surface area contributed by atoms with Crippen LogP contribution in [0.4, 0.5) is 4.39 Å². The fourth-order valence-electron chi connectivity index (χ4n) is 2.38. The second-order valence-corrected chi connectivity index (χ2v) is 7.39. The molecule has 0 bridgehead atoms. The Kier molecular flexibility index (Phi) is 5.84. The maximum Gasteiger partial charge on any atom is 0.191 e. The number of ether oxygens (including phenoxy) is 1. The van der Waals surface area contributed by atoms with Crippen LogP contribution < -0.4 is 4.74 Å². The summed E-state index contributed by atoms with van der Waals surface area (Å²) in [5.41, 5.74) is 3.09.